The fraction of sp³-hybridized carbons (Fsp3) is 0.455. The predicted molar refractivity (Wildman–Crippen MR) is 110 cm³/mol. The smallest absolute Gasteiger partial charge is 0.337 e. The topological polar surface area (TPSA) is 55.4 Å². The van der Waals surface area contributed by atoms with E-state index in [1.807, 2.05) is 0 Å². The fourth-order valence-electron chi connectivity index (χ4n) is 3.84. The number of esters is 1. The number of hydrogen-bond acceptors (Lipinski definition) is 4. The second-order valence-electron chi connectivity index (χ2n) is 8.55. The number of nitrogens with one attached hydrogen (secondary N) is 1. The predicted octanol–water partition coefficient (Wildman–Crippen LogP) is 5.44. The van der Waals surface area contributed by atoms with E-state index < -0.39 is 5.97 Å². The van der Waals surface area contributed by atoms with E-state index in [2.05, 4.69) is 39.9 Å². The van der Waals surface area contributed by atoms with Gasteiger partial charge in [0.25, 0.3) is 5.91 Å². The summed E-state index contributed by atoms with van der Waals surface area (Å²) in [5.74, 6) is -0.572. The molecule has 0 saturated heterocycles. The Morgan fingerprint density at radius 1 is 1.00 bits per heavy atom. The summed E-state index contributed by atoms with van der Waals surface area (Å²) >= 11 is 1.70. The van der Waals surface area contributed by atoms with Crippen LogP contribution in [0.15, 0.2) is 24.3 Å². The lowest BCUT2D eigenvalue weighted by Crippen LogP contribution is -2.32. The van der Waals surface area contributed by atoms with E-state index in [1.54, 1.807) is 35.6 Å². The van der Waals surface area contributed by atoms with Gasteiger partial charge in [0.1, 0.15) is 0 Å². The summed E-state index contributed by atoms with van der Waals surface area (Å²) < 4.78 is 4.70. The number of benzene rings is 1. The molecule has 144 valence electrons. The molecule has 1 aliphatic carbocycles. The van der Waals surface area contributed by atoms with Crippen LogP contribution in [-0.2, 0) is 15.6 Å². The number of methoxy groups -OCH3 is 1. The standard InChI is InChI=1S/C22H27NO3S/c1-13-16-17(22(4,5)12-11-21(16,2)3)27-19(13)23-18(24)14-7-9-15(10-8-14)20(25)26-6/h7-10H,11-12H2,1-6H3,(H,23,24). The van der Waals surface area contributed by atoms with Crippen LogP contribution in [-0.4, -0.2) is 19.0 Å². The Bertz CT molecular complexity index is 891. The van der Waals surface area contributed by atoms with Crippen molar-refractivity contribution in [3.05, 3.63) is 51.4 Å². The molecule has 0 aliphatic heterocycles. The highest BCUT2D eigenvalue weighted by molar-refractivity contribution is 7.16. The minimum atomic E-state index is -0.409. The first-order valence-corrected chi connectivity index (χ1v) is 10.0. The van der Waals surface area contributed by atoms with E-state index in [9.17, 15) is 9.59 Å². The van der Waals surface area contributed by atoms with Crippen molar-refractivity contribution in [1.82, 2.24) is 0 Å². The van der Waals surface area contributed by atoms with E-state index in [1.165, 1.54) is 23.1 Å². The lowest BCUT2D eigenvalue weighted by molar-refractivity contribution is 0.0600. The van der Waals surface area contributed by atoms with Crippen molar-refractivity contribution in [3.8, 4) is 0 Å². The molecule has 0 unspecified atom stereocenters. The number of carbonyl (C=O) groups is 2. The Labute approximate surface area is 164 Å². The molecule has 0 saturated carbocycles. The van der Waals surface area contributed by atoms with Crippen LogP contribution in [0, 0.1) is 6.92 Å². The summed E-state index contributed by atoms with van der Waals surface area (Å²) in [7, 11) is 1.34. The summed E-state index contributed by atoms with van der Waals surface area (Å²) in [6.07, 6.45) is 2.29. The maximum absolute atomic E-state index is 12.7. The number of amides is 1. The van der Waals surface area contributed by atoms with Crippen LogP contribution in [0.3, 0.4) is 0 Å². The highest BCUT2D eigenvalue weighted by atomic mass is 32.1. The second-order valence-corrected chi connectivity index (χ2v) is 9.57. The quantitative estimate of drug-likeness (QED) is 0.715. The van der Waals surface area contributed by atoms with Gasteiger partial charge in [0, 0.05) is 10.4 Å². The largest absolute Gasteiger partial charge is 0.465 e. The van der Waals surface area contributed by atoms with Gasteiger partial charge in [-0.3, -0.25) is 4.79 Å². The Hall–Kier alpha value is -2.14. The van der Waals surface area contributed by atoms with Crippen molar-refractivity contribution in [2.24, 2.45) is 0 Å². The normalized spacial score (nSPS) is 17.1. The van der Waals surface area contributed by atoms with Crippen LogP contribution in [0.25, 0.3) is 0 Å². The molecule has 0 radical (unpaired) electrons. The van der Waals surface area contributed by atoms with Gasteiger partial charge in [-0.1, -0.05) is 27.7 Å². The molecule has 3 rings (SSSR count). The summed E-state index contributed by atoms with van der Waals surface area (Å²) in [5, 5.41) is 4.01. The van der Waals surface area contributed by atoms with E-state index in [-0.39, 0.29) is 16.7 Å². The third kappa shape index (κ3) is 3.53. The van der Waals surface area contributed by atoms with Gasteiger partial charge in [0.2, 0.25) is 0 Å². The molecule has 0 bridgehead atoms. The average molecular weight is 386 g/mol. The molecule has 5 heteroatoms. The Morgan fingerprint density at radius 3 is 2.11 bits per heavy atom. The summed E-state index contributed by atoms with van der Waals surface area (Å²) in [6, 6.07) is 6.52. The van der Waals surface area contributed by atoms with Crippen LogP contribution in [0.4, 0.5) is 5.00 Å². The maximum Gasteiger partial charge on any atom is 0.337 e. The van der Waals surface area contributed by atoms with Gasteiger partial charge in [0.15, 0.2) is 0 Å². The van der Waals surface area contributed by atoms with Crippen LogP contribution in [0.2, 0.25) is 0 Å². The molecule has 0 atom stereocenters. The molecule has 0 fully saturated rings. The van der Waals surface area contributed by atoms with Crippen LogP contribution in [0.5, 0.6) is 0 Å². The number of thiophene rings is 1. The minimum absolute atomic E-state index is 0.122. The van der Waals surface area contributed by atoms with Gasteiger partial charge in [-0.2, -0.15) is 0 Å². The lowest BCUT2D eigenvalue weighted by atomic mass is 9.66. The zero-order chi connectivity index (χ0) is 20.0. The van der Waals surface area contributed by atoms with Gasteiger partial charge in [0.05, 0.1) is 17.7 Å². The SMILES string of the molecule is COC(=O)c1ccc(C(=O)Nc2sc3c(c2C)C(C)(C)CCC3(C)C)cc1. The van der Waals surface area contributed by atoms with E-state index in [0.717, 1.165) is 17.8 Å². The van der Waals surface area contributed by atoms with E-state index in [4.69, 9.17) is 4.74 Å². The summed E-state index contributed by atoms with van der Waals surface area (Å²) in [4.78, 5) is 25.7. The van der Waals surface area contributed by atoms with Crippen molar-refractivity contribution in [3.63, 3.8) is 0 Å². The average Bonchev–Trinajstić information content (AvgIpc) is 2.97. The van der Waals surface area contributed by atoms with Gasteiger partial charge >= 0.3 is 5.97 Å². The molecule has 2 aromatic rings. The molecule has 0 spiro atoms. The number of anilines is 1. The van der Waals surface area contributed by atoms with Crippen molar-refractivity contribution in [2.75, 3.05) is 12.4 Å². The molecular weight excluding hydrogens is 358 g/mol. The molecule has 1 aromatic carbocycles. The third-order valence-electron chi connectivity index (χ3n) is 5.61. The molecular formula is C22H27NO3S. The number of fused-ring (bicyclic) bond motifs is 1. The number of ether oxygens (including phenoxy) is 1. The third-order valence-corrected chi connectivity index (χ3v) is 7.18. The fourth-order valence-corrected chi connectivity index (χ4v) is 5.35. The second kappa shape index (κ2) is 6.79. The van der Waals surface area contributed by atoms with Gasteiger partial charge in [-0.25, -0.2) is 4.79 Å². The Kier molecular flexibility index (Phi) is 4.93. The van der Waals surface area contributed by atoms with Crippen molar-refractivity contribution in [2.45, 2.75) is 58.3 Å². The molecule has 27 heavy (non-hydrogen) atoms. The molecule has 1 aliphatic rings. The van der Waals surface area contributed by atoms with E-state index in [0.29, 0.717) is 11.1 Å². The first kappa shape index (κ1) is 19.6. The monoisotopic (exact) mass is 385 g/mol. The Balaban J connectivity index is 1.89. The summed E-state index contributed by atoms with van der Waals surface area (Å²) in [5.41, 5.74) is 3.77. The van der Waals surface area contributed by atoms with Crippen molar-refractivity contribution >= 4 is 28.2 Å². The van der Waals surface area contributed by atoms with Crippen LogP contribution >= 0.6 is 11.3 Å². The van der Waals surface area contributed by atoms with E-state index >= 15 is 0 Å². The van der Waals surface area contributed by atoms with Crippen LogP contribution in [0.1, 0.15) is 77.3 Å². The minimum Gasteiger partial charge on any atom is -0.465 e. The van der Waals surface area contributed by atoms with Gasteiger partial charge < -0.3 is 10.1 Å². The molecule has 1 amide bonds. The van der Waals surface area contributed by atoms with Gasteiger partial charge in [-0.15, -0.1) is 11.3 Å². The van der Waals surface area contributed by atoms with Crippen molar-refractivity contribution < 1.29 is 14.3 Å². The maximum atomic E-state index is 12.7. The highest BCUT2D eigenvalue weighted by Gasteiger charge is 2.40. The molecule has 1 heterocycles. The first-order chi connectivity index (χ1) is 12.6. The number of rotatable bonds is 3. The van der Waals surface area contributed by atoms with Gasteiger partial charge in [-0.05, 0) is 66.0 Å². The lowest BCUT2D eigenvalue weighted by Gasteiger charge is -2.39. The van der Waals surface area contributed by atoms with Crippen LogP contribution < -0.4 is 5.32 Å². The number of carbonyl (C=O) groups excluding carboxylic acids is 2. The molecule has 4 nitrogen and oxygen atoms in total. The number of hydrogen-bond donors (Lipinski definition) is 1. The molecule has 1 N–H and O–H groups in total. The summed E-state index contributed by atoms with van der Waals surface area (Å²) in [6.45, 7) is 11.3. The Morgan fingerprint density at radius 2 is 1.56 bits per heavy atom. The highest BCUT2D eigenvalue weighted by Crippen LogP contribution is 2.52. The zero-order valence-electron chi connectivity index (χ0n) is 16.9. The van der Waals surface area contributed by atoms with Crippen molar-refractivity contribution in [1.29, 1.82) is 0 Å². The zero-order valence-corrected chi connectivity index (χ0v) is 17.7. The first-order valence-electron chi connectivity index (χ1n) is 9.21. The molecule has 1 aromatic heterocycles.